The van der Waals surface area contributed by atoms with Gasteiger partial charge in [0.25, 0.3) is 0 Å². The number of carbonyl (C=O) groups excluding carboxylic acids is 2. The molecule has 0 aliphatic heterocycles. The topological polar surface area (TPSA) is 43.4 Å². The van der Waals surface area contributed by atoms with E-state index in [2.05, 4.69) is 0 Å². The van der Waals surface area contributed by atoms with Crippen molar-refractivity contribution in [2.45, 2.75) is 33.8 Å². The van der Waals surface area contributed by atoms with E-state index in [-0.39, 0.29) is 17.5 Å². The molecule has 3 nitrogen and oxygen atoms in total. The Hall–Kier alpha value is -1.90. The van der Waals surface area contributed by atoms with E-state index in [0.717, 1.165) is 11.1 Å². The third-order valence-corrected chi connectivity index (χ3v) is 2.43. The number of Topliss-reactive ketones (excluding diaryl/α,β-unsaturated/α-hetero) is 1. The Bertz CT molecular complexity index is 484. The van der Waals surface area contributed by atoms with Crippen LogP contribution in [0.3, 0.4) is 0 Å². The van der Waals surface area contributed by atoms with Crippen LogP contribution in [0.1, 0.15) is 31.9 Å². The van der Waals surface area contributed by atoms with Gasteiger partial charge in [-0.1, -0.05) is 24.3 Å². The van der Waals surface area contributed by atoms with Gasteiger partial charge in [0, 0.05) is 0 Å². The third kappa shape index (κ3) is 3.84. The molecule has 96 valence electrons. The molecule has 0 aromatic heterocycles. The van der Waals surface area contributed by atoms with Crippen LogP contribution in [0.2, 0.25) is 0 Å². The van der Waals surface area contributed by atoms with Crippen molar-refractivity contribution < 1.29 is 14.3 Å². The first-order chi connectivity index (χ1) is 8.41. The molecule has 0 saturated heterocycles. The number of ketones is 1. The Morgan fingerprint density at radius 1 is 1.22 bits per heavy atom. The molecule has 18 heavy (non-hydrogen) atoms. The van der Waals surface area contributed by atoms with Crippen molar-refractivity contribution in [1.82, 2.24) is 0 Å². The Labute approximate surface area is 107 Å². The quantitative estimate of drug-likeness (QED) is 0.355. The molecule has 3 heteroatoms. The van der Waals surface area contributed by atoms with E-state index in [1.54, 1.807) is 19.9 Å². The second kappa shape index (κ2) is 6.15. The first-order valence-electron chi connectivity index (χ1n) is 5.91. The lowest BCUT2D eigenvalue weighted by Gasteiger charge is -2.09. The molecule has 0 amide bonds. The highest BCUT2D eigenvalue weighted by Gasteiger charge is 2.17. The monoisotopic (exact) mass is 246 g/mol. The van der Waals surface area contributed by atoms with E-state index >= 15 is 0 Å². The summed E-state index contributed by atoms with van der Waals surface area (Å²) in [6, 6.07) is 7.56. The molecule has 0 unspecified atom stereocenters. The zero-order chi connectivity index (χ0) is 13.7. The first-order valence-corrected chi connectivity index (χ1v) is 5.91. The summed E-state index contributed by atoms with van der Waals surface area (Å²) < 4.78 is 5.06. The average molecular weight is 246 g/mol. The number of hydrogen-bond acceptors (Lipinski definition) is 3. The summed E-state index contributed by atoms with van der Waals surface area (Å²) in [5.41, 5.74) is 1.94. The van der Waals surface area contributed by atoms with Gasteiger partial charge in [0.15, 0.2) is 5.78 Å². The van der Waals surface area contributed by atoms with Crippen molar-refractivity contribution in [3.8, 4) is 0 Å². The van der Waals surface area contributed by atoms with Crippen molar-refractivity contribution in [1.29, 1.82) is 0 Å². The lowest BCUT2D eigenvalue weighted by Crippen LogP contribution is -2.17. The Balaban J connectivity index is 3.10. The zero-order valence-corrected chi connectivity index (χ0v) is 11.2. The Kier molecular flexibility index (Phi) is 4.84. The minimum Gasteiger partial charge on any atom is -0.459 e. The van der Waals surface area contributed by atoms with Crippen LogP contribution >= 0.6 is 0 Å². The average Bonchev–Trinajstić information content (AvgIpc) is 2.26. The van der Waals surface area contributed by atoms with Gasteiger partial charge in [0.1, 0.15) is 5.57 Å². The molecule has 0 bridgehead atoms. The maximum atomic E-state index is 11.8. The van der Waals surface area contributed by atoms with Crippen molar-refractivity contribution in [2.75, 3.05) is 0 Å². The molecule has 1 rings (SSSR count). The lowest BCUT2D eigenvalue weighted by atomic mass is 10.0. The summed E-state index contributed by atoms with van der Waals surface area (Å²) in [6.45, 7) is 6.80. The molecule has 0 fully saturated rings. The van der Waals surface area contributed by atoms with Crippen molar-refractivity contribution in [3.05, 3.63) is 41.0 Å². The highest BCUT2D eigenvalue weighted by atomic mass is 16.5. The molecule has 0 N–H and O–H groups in total. The molecule has 0 saturated carbocycles. The minimum absolute atomic E-state index is 0.0815. The van der Waals surface area contributed by atoms with E-state index in [0.29, 0.717) is 0 Å². The molecule has 0 aliphatic rings. The van der Waals surface area contributed by atoms with E-state index < -0.39 is 5.97 Å². The van der Waals surface area contributed by atoms with Gasteiger partial charge in [-0.3, -0.25) is 4.79 Å². The van der Waals surface area contributed by atoms with Gasteiger partial charge in [-0.25, -0.2) is 4.79 Å². The molecular formula is C15H18O3. The van der Waals surface area contributed by atoms with Gasteiger partial charge in [0.2, 0.25) is 0 Å². The van der Waals surface area contributed by atoms with Crippen LogP contribution in [0.15, 0.2) is 29.8 Å². The highest BCUT2D eigenvalue weighted by molar-refractivity contribution is 6.19. The maximum absolute atomic E-state index is 11.8. The maximum Gasteiger partial charge on any atom is 0.342 e. The van der Waals surface area contributed by atoms with Crippen LogP contribution < -0.4 is 0 Å². The molecule has 0 spiro atoms. The number of aryl methyl sites for hydroxylation is 1. The number of carbonyl (C=O) groups is 2. The van der Waals surface area contributed by atoms with E-state index in [9.17, 15) is 9.59 Å². The Morgan fingerprint density at radius 2 is 1.83 bits per heavy atom. The predicted octanol–water partition coefficient (Wildman–Crippen LogP) is 2.92. The highest BCUT2D eigenvalue weighted by Crippen LogP contribution is 2.14. The second-order valence-corrected chi connectivity index (χ2v) is 4.42. The molecule has 0 atom stereocenters. The lowest BCUT2D eigenvalue weighted by molar-refractivity contribution is -0.143. The Morgan fingerprint density at radius 3 is 2.33 bits per heavy atom. The molecule has 1 aromatic carbocycles. The number of benzene rings is 1. The summed E-state index contributed by atoms with van der Waals surface area (Å²) in [5.74, 6) is -0.857. The van der Waals surface area contributed by atoms with Crippen molar-refractivity contribution in [3.63, 3.8) is 0 Å². The third-order valence-electron chi connectivity index (χ3n) is 2.43. The number of rotatable bonds is 4. The van der Waals surface area contributed by atoms with E-state index in [1.165, 1.54) is 6.92 Å². The fourth-order valence-corrected chi connectivity index (χ4v) is 1.49. The standard InChI is InChI=1S/C15H18O3/c1-10(2)18-15(17)14(12(4)16)9-13-8-6-5-7-11(13)3/h5-10H,1-4H3. The van der Waals surface area contributed by atoms with Gasteiger partial charge < -0.3 is 4.74 Å². The number of ether oxygens (including phenoxy) is 1. The molecule has 0 aliphatic carbocycles. The summed E-state index contributed by atoms with van der Waals surface area (Å²) in [7, 11) is 0. The number of hydrogen-bond donors (Lipinski definition) is 0. The summed E-state index contributed by atoms with van der Waals surface area (Å²) in [4.78, 5) is 23.3. The van der Waals surface area contributed by atoms with E-state index in [1.807, 2.05) is 31.2 Å². The van der Waals surface area contributed by atoms with Crippen LogP contribution in [0.25, 0.3) is 6.08 Å². The SMILES string of the molecule is CC(=O)C(=Cc1ccccc1C)C(=O)OC(C)C. The van der Waals surface area contributed by atoms with Gasteiger partial charge >= 0.3 is 5.97 Å². The van der Waals surface area contributed by atoms with Crippen LogP contribution in [0.5, 0.6) is 0 Å². The molecular weight excluding hydrogens is 228 g/mol. The van der Waals surface area contributed by atoms with Crippen molar-refractivity contribution in [2.24, 2.45) is 0 Å². The van der Waals surface area contributed by atoms with Gasteiger partial charge in [0.05, 0.1) is 6.10 Å². The summed E-state index contributed by atoms with van der Waals surface area (Å²) in [6.07, 6.45) is 1.35. The molecule has 1 aromatic rings. The smallest absolute Gasteiger partial charge is 0.342 e. The molecule has 0 heterocycles. The zero-order valence-electron chi connectivity index (χ0n) is 11.2. The van der Waals surface area contributed by atoms with Gasteiger partial charge in [-0.05, 0) is 44.9 Å². The van der Waals surface area contributed by atoms with Crippen LogP contribution in [0, 0.1) is 6.92 Å². The normalized spacial score (nSPS) is 11.5. The number of esters is 1. The van der Waals surface area contributed by atoms with Crippen LogP contribution in [-0.4, -0.2) is 17.9 Å². The van der Waals surface area contributed by atoms with Crippen LogP contribution in [-0.2, 0) is 14.3 Å². The predicted molar refractivity (Wildman–Crippen MR) is 71.1 cm³/mol. The van der Waals surface area contributed by atoms with Crippen molar-refractivity contribution >= 4 is 17.8 Å². The molecule has 0 radical (unpaired) electrons. The fraction of sp³-hybridized carbons (Fsp3) is 0.333. The first kappa shape index (κ1) is 14.2. The van der Waals surface area contributed by atoms with Gasteiger partial charge in [-0.15, -0.1) is 0 Å². The minimum atomic E-state index is -0.569. The summed E-state index contributed by atoms with van der Waals surface area (Å²) >= 11 is 0. The fourth-order valence-electron chi connectivity index (χ4n) is 1.49. The van der Waals surface area contributed by atoms with Crippen LogP contribution in [0.4, 0.5) is 0 Å². The second-order valence-electron chi connectivity index (χ2n) is 4.42. The van der Waals surface area contributed by atoms with Gasteiger partial charge in [-0.2, -0.15) is 0 Å². The summed E-state index contributed by atoms with van der Waals surface area (Å²) in [5, 5.41) is 0. The van der Waals surface area contributed by atoms with E-state index in [4.69, 9.17) is 4.74 Å². The largest absolute Gasteiger partial charge is 0.459 e.